The van der Waals surface area contributed by atoms with Crippen LogP contribution in [-0.4, -0.2) is 32.8 Å². The summed E-state index contributed by atoms with van der Waals surface area (Å²) in [5, 5.41) is 11.6. The highest BCUT2D eigenvalue weighted by Gasteiger charge is 2.26. The summed E-state index contributed by atoms with van der Waals surface area (Å²) in [6.45, 7) is 0. The van der Waals surface area contributed by atoms with Gasteiger partial charge in [-0.1, -0.05) is 24.3 Å². The van der Waals surface area contributed by atoms with Crippen molar-refractivity contribution in [3.05, 3.63) is 76.9 Å². The maximum atomic E-state index is 12.1. The molecule has 2 N–H and O–H groups in total. The molecule has 0 bridgehead atoms. The highest BCUT2D eigenvalue weighted by Crippen LogP contribution is 2.34. The third-order valence-electron chi connectivity index (χ3n) is 3.64. The fourth-order valence-electron chi connectivity index (χ4n) is 2.33. The van der Waals surface area contributed by atoms with Crippen LogP contribution in [0.3, 0.4) is 0 Å². The van der Waals surface area contributed by atoms with E-state index in [1.54, 1.807) is 36.2 Å². The largest absolute Gasteiger partial charge is 0.355 e. The van der Waals surface area contributed by atoms with Gasteiger partial charge in [0.2, 0.25) is 11.6 Å². The first-order valence-electron chi connectivity index (χ1n) is 7.83. The molecule has 0 atom stereocenters. The third kappa shape index (κ3) is 3.95. The van der Waals surface area contributed by atoms with E-state index >= 15 is 0 Å². The summed E-state index contributed by atoms with van der Waals surface area (Å²) in [6, 6.07) is 13.9. The summed E-state index contributed by atoms with van der Waals surface area (Å²) in [5.41, 5.74) is 5.33. The molecule has 0 aliphatic heterocycles. The van der Waals surface area contributed by atoms with Gasteiger partial charge < -0.3 is 4.90 Å². The smallest absolute Gasteiger partial charge is 0.324 e. The fourth-order valence-corrected chi connectivity index (χ4v) is 2.33. The molecule has 10 heteroatoms. The van der Waals surface area contributed by atoms with Gasteiger partial charge in [0, 0.05) is 18.9 Å². The van der Waals surface area contributed by atoms with E-state index < -0.39 is 10.8 Å². The molecule has 3 rings (SSSR count). The van der Waals surface area contributed by atoms with Gasteiger partial charge in [-0.05, 0) is 24.3 Å². The molecule has 0 saturated carbocycles. The van der Waals surface area contributed by atoms with E-state index in [9.17, 15) is 14.9 Å². The van der Waals surface area contributed by atoms with Crippen LogP contribution in [0.5, 0.6) is 0 Å². The van der Waals surface area contributed by atoms with Crippen molar-refractivity contribution in [1.29, 1.82) is 0 Å². The zero-order valence-electron chi connectivity index (χ0n) is 14.2. The molecule has 0 saturated heterocycles. The molecule has 1 aromatic carbocycles. The molecule has 0 radical (unpaired) electrons. The number of hydrazine groups is 1. The Morgan fingerprint density at radius 3 is 2.48 bits per heavy atom. The van der Waals surface area contributed by atoms with Crippen molar-refractivity contribution < 1.29 is 9.72 Å². The Morgan fingerprint density at radius 1 is 1.07 bits per heavy atom. The maximum Gasteiger partial charge on any atom is 0.355 e. The minimum Gasteiger partial charge on any atom is -0.324 e. The van der Waals surface area contributed by atoms with Crippen LogP contribution in [0, 0.1) is 10.1 Å². The van der Waals surface area contributed by atoms with E-state index in [1.807, 2.05) is 18.2 Å². The van der Waals surface area contributed by atoms with E-state index in [1.165, 1.54) is 18.6 Å². The number of amides is 1. The van der Waals surface area contributed by atoms with Gasteiger partial charge in [-0.2, -0.15) is 0 Å². The molecule has 0 aliphatic rings. The lowest BCUT2D eigenvalue weighted by Crippen LogP contribution is -2.31. The normalized spacial score (nSPS) is 10.1. The summed E-state index contributed by atoms with van der Waals surface area (Å²) in [5.74, 6) is -0.616. The molecule has 0 unspecified atom stereocenters. The number of nitrogens with one attached hydrogen (secondary N) is 2. The third-order valence-corrected chi connectivity index (χ3v) is 3.64. The van der Waals surface area contributed by atoms with Crippen molar-refractivity contribution in [1.82, 2.24) is 20.4 Å². The number of hydrogen-bond donors (Lipinski definition) is 2. The van der Waals surface area contributed by atoms with Gasteiger partial charge in [0.05, 0.1) is 4.92 Å². The maximum absolute atomic E-state index is 12.1. The van der Waals surface area contributed by atoms with Crippen LogP contribution >= 0.6 is 0 Å². The standard InChI is InChI=1S/C17H15N7O3/c1-23(12-7-3-2-4-8-12)16-14(24(26)27)15(19-11-20-16)21-22-17(25)13-9-5-6-10-18-13/h2-11H,1H3,(H,22,25)(H,19,20,21). The topological polar surface area (TPSA) is 126 Å². The van der Waals surface area contributed by atoms with E-state index in [-0.39, 0.29) is 23.0 Å². The number of pyridine rings is 1. The number of carbonyl (C=O) groups excluding carboxylic acids is 1. The molecule has 0 spiro atoms. The minimum atomic E-state index is -0.607. The average molecular weight is 365 g/mol. The molecule has 0 aliphatic carbocycles. The van der Waals surface area contributed by atoms with E-state index in [2.05, 4.69) is 25.8 Å². The Balaban J connectivity index is 1.88. The van der Waals surface area contributed by atoms with Crippen LogP contribution in [0.2, 0.25) is 0 Å². The Hall–Kier alpha value is -4.08. The monoisotopic (exact) mass is 365 g/mol. The summed E-state index contributed by atoms with van der Waals surface area (Å²) in [7, 11) is 1.65. The molecular formula is C17H15N7O3. The van der Waals surface area contributed by atoms with Crippen LogP contribution < -0.4 is 15.8 Å². The molecule has 27 heavy (non-hydrogen) atoms. The Bertz CT molecular complexity index is 951. The van der Waals surface area contributed by atoms with Gasteiger partial charge in [0.15, 0.2) is 0 Å². The minimum absolute atomic E-state index is 0.0794. The van der Waals surface area contributed by atoms with E-state index in [0.717, 1.165) is 0 Å². The van der Waals surface area contributed by atoms with Crippen molar-refractivity contribution in [3.63, 3.8) is 0 Å². The number of carbonyl (C=O) groups is 1. The van der Waals surface area contributed by atoms with Gasteiger partial charge in [0.1, 0.15) is 12.0 Å². The summed E-state index contributed by atoms with van der Waals surface area (Å²) in [6.07, 6.45) is 2.64. The number of rotatable bonds is 6. The van der Waals surface area contributed by atoms with Crippen LogP contribution in [0.15, 0.2) is 61.1 Å². The lowest BCUT2D eigenvalue weighted by molar-refractivity contribution is -0.383. The molecule has 136 valence electrons. The van der Waals surface area contributed by atoms with Gasteiger partial charge in [-0.3, -0.25) is 30.7 Å². The quantitative estimate of drug-likeness (QED) is 0.503. The average Bonchev–Trinajstić information content (AvgIpc) is 2.72. The predicted molar refractivity (Wildman–Crippen MR) is 98.5 cm³/mol. The first-order valence-corrected chi connectivity index (χ1v) is 7.83. The van der Waals surface area contributed by atoms with Crippen molar-refractivity contribution in [2.45, 2.75) is 0 Å². The Kier molecular flexibility index (Phi) is 5.17. The molecule has 0 fully saturated rings. The second-order valence-electron chi connectivity index (χ2n) is 5.34. The molecule has 3 aromatic rings. The van der Waals surface area contributed by atoms with Crippen molar-refractivity contribution >= 4 is 28.9 Å². The first kappa shape index (κ1) is 17.7. The molecule has 2 aromatic heterocycles. The molecular weight excluding hydrogens is 350 g/mol. The predicted octanol–water partition coefficient (Wildman–Crippen LogP) is 2.30. The van der Waals surface area contributed by atoms with Gasteiger partial charge in [-0.15, -0.1) is 0 Å². The SMILES string of the molecule is CN(c1ccccc1)c1ncnc(NNC(=O)c2ccccn2)c1[N+](=O)[O-]. The van der Waals surface area contributed by atoms with Crippen LogP contribution in [0.4, 0.5) is 23.0 Å². The number of aromatic nitrogens is 3. The first-order chi connectivity index (χ1) is 13.1. The summed E-state index contributed by atoms with van der Waals surface area (Å²) >= 11 is 0. The zero-order chi connectivity index (χ0) is 19.2. The second-order valence-corrected chi connectivity index (χ2v) is 5.34. The van der Waals surface area contributed by atoms with Gasteiger partial charge in [-0.25, -0.2) is 9.97 Å². The van der Waals surface area contributed by atoms with Crippen molar-refractivity contribution in [2.24, 2.45) is 0 Å². The van der Waals surface area contributed by atoms with Gasteiger partial charge >= 0.3 is 5.69 Å². The highest BCUT2D eigenvalue weighted by molar-refractivity contribution is 5.93. The lowest BCUT2D eigenvalue weighted by Gasteiger charge is -2.18. The summed E-state index contributed by atoms with van der Waals surface area (Å²) < 4.78 is 0. The number of nitrogens with zero attached hydrogens (tertiary/aromatic N) is 5. The fraction of sp³-hybridized carbons (Fsp3) is 0.0588. The Labute approximate surface area is 154 Å². The second kappa shape index (κ2) is 7.87. The zero-order valence-corrected chi connectivity index (χ0v) is 14.2. The Morgan fingerprint density at radius 2 is 1.81 bits per heavy atom. The van der Waals surface area contributed by atoms with Crippen LogP contribution in [0.1, 0.15) is 10.5 Å². The van der Waals surface area contributed by atoms with E-state index in [0.29, 0.717) is 5.69 Å². The molecule has 10 nitrogen and oxygen atoms in total. The highest BCUT2D eigenvalue weighted by atomic mass is 16.6. The number of para-hydroxylation sites is 1. The molecule has 1 amide bonds. The lowest BCUT2D eigenvalue weighted by atomic mass is 10.3. The number of benzene rings is 1. The number of nitro groups is 1. The van der Waals surface area contributed by atoms with Crippen LogP contribution in [0.25, 0.3) is 0 Å². The van der Waals surface area contributed by atoms with Gasteiger partial charge in [0.25, 0.3) is 5.91 Å². The number of anilines is 3. The van der Waals surface area contributed by atoms with Crippen LogP contribution in [-0.2, 0) is 0 Å². The number of hydrogen-bond acceptors (Lipinski definition) is 8. The van der Waals surface area contributed by atoms with E-state index in [4.69, 9.17) is 0 Å². The van der Waals surface area contributed by atoms with Crippen molar-refractivity contribution in [3.8, 4) is 0 Å². The molecule has 2 heterocycles. The van der Waals surface area contributed by atoms with Crippen molar-refractivity contribution in [2.75, 3.05) is 17.4 Å². The summed E-state index contributed by atoms with van der Waals surface area (Å²) in [4.78, 5) is 36.5.